The van der Waals surface area contributed by atoms with Crippen molar-refractivity contribution in [2.45, 2.75) is 13.3 Å². The maximum Gasteiger partial charge on any atom is 0.256 e. The van der Waals surface area contributed by atoms with Gasteiger partial charge in [0, 0.05) is 28.8 Å². The molecule has 2 aromatic carbocycles. The summed E-state index contributed by atoms with van der Waals surface area (Å²) in [6.07, 6.45) is 0.709. The summed E-state index contributed by atoms with van der Waals surface area (Å²) in [7, 11) is 0. The Bertz CT molecular complexity index is 934. The Morgan fingerprint density at radius 1 is 1.00 bits per heavy atom. The van der Waals surface area contributed by atoms with Crippen molar-refractivity contribution in [3.05, 3.63) is 82.1 Å². The van der Waals surface area contributed by atoms with Crippen LogP contribution in [0.1, 0.15) is 32.0 Å². The summed E-state index contributed by atoms with van der Waals surface area (Å²) in [5, 5.41) is 9.89. The Balaban J connectivity index is 1.52. The molecule has 138 valence electrons. The van der Waals surface area contributed by atoms with E-state index in [4.69, 9.17) is 16.1 Å². The smallest absolute Gasteiger partial charge is 0.256 e. The highest BCUT2D eigenvalue weighted by molar-refractivity contribution is 6.30. The number of halogens is 1. The topological polar surface area (TPSA) is 84.2 Å². The molecule has 3 aromatic rings. The van der Waals surface area contributed by atoms with Gasteiger partial charge in [-0.25, -0.2) is 0 Å². The molecule has 7 heteroatoms. The van der Waals surface area contributed by atoms with Crippen LogP contribution in [0.15, 0.2) is 59.1 Å². The van der Waals surface area contributed by atoms with Gasteiger partial charge in [0.05, 0.1) is 0 Å². The molecule has 0 aliphatic rings. The molecular formula is C20H18ClN3O3. The normalized spacial score (nSPS) is 10.4. The largest absolute Gasteiger partial charge is 0.360 e. The lowest BCUT2D eigenvalue weighted by molar-refractivity contribution is 0.0952. The van der Waals surface area contributed by atoms with E-state index in [9.17, 15) is 9.59 Å². The van der Waals surface area contributed by atoms with E-state index in [1.54, 1.807) is 37.3 Å². The van der Waals surface area contributed by atoms with Crippen molar-refractivity contribution in [2.75, 3.05) is 11.9 Å². The number of rotatable bonds is 6. The molecule has 0 fully saturated rings. The van der Waals surface area contributed by atoms with E-state index >= 15 is 0 Å². The van der Waals surface area contributed by atoms with Crippen molar-refractivity contribution in [3.63, 3.8) is 0 Å². The summed E-state index contributed by atoms with van der Waals surface area (Å²) in [5.41, 5.74) is 2.00. The average Bonchev–Trinajstić information content (AvgIpc) is 3.08. The van der Waals surface area contributed by atoms with Crippen LogP contribution >= 0.6 is 11.6 Å². The summed E-state index contributed by atoms with van der Waals surface area (Å²) in [6.45, 7) is 2.25. The molecule has 0 aliphatic carbocycles. The van der Waals surface area contributed by atoms with Crippen molar-refractivity contribution in [1.82, 2.24) is 10.5 Å². The van der Waals surface area contributed by atoms with Gasteiger partial charge in [0.1, 0.15) is 5.76 Å². The Kier molecular flexibility index (Phi) is 5.88. The number of benzene rings is 2. The molecule has 0 unspecified atom stereocenters. The number of amides is 2. The van der Waals surface area contributed by atoms with Gasteiger partial charge in [-0.15, -0.1) is 0 Å². The van der Waals surface area contributed by atoms with Crippen LogP contribution in [0.3, 0.4) is 0 Å². The number of nitrogens with zero attached hydrogens (tertiary/aromatic N) is 1. The quantitative estimate of drug-likeness (QED) is 0.676. The third-order valence-corrected chi connectivity index (χ3v) is 4.14. The highest BCUT2D eigenvalue weighted by atomic mass is 35.5. The Morgan fingerprint density at radius 3 is 2.22 bits per heavy atom. The Morgan fingerprint density at radius 2 is 1.63 bits per heavy atom. The second-order valence-corrected chi connectivity index (χ2v) is 6.42. The first-order valence-corrected chi connectivity index (χ1v) is 8.76. The zero-order chi connectivity index (χ0) is 19.2. The van der Waals surface area contributed by atoms with Crippen molar-refractivity contribution in [1.29, 1.82) is 0 Å². The molecule has 2 N–H and O–H groups in total. The first-order valence-electron chi connectivity index (χ1n) is 8.38. The van der Waals surface area contributed by atoms with Crippen LogP contribution in [0.4, 0.5) is 5.82 Å². The molecule has 1 aromatic heterocycles. The van der Waals surface area contributed by atoms with Gasteiger partial charge >= 0.3 is 0 Å². The maximum absolute atomic E-state index is 12.2. The van der Waals surface area contributed by atoms with Crippen molar-refractivity contribution in [2.24, 2.45) is 0 Å². The van der Waals surface area contributed by atoms with Gasteiger partial charge < -0.3 is 15.2 Å². The molecule has 0 saturated heterocycles. The van der Waals surface area contributed by atoms with Gasteiger partial charge in [0.2, 0.25) is 0 Å². The Labute approximate surface area is 161 Å². The van der Waals surface area contributed by atoms with Crippen LogP contribution in [-0.2, 0) is 6.42 Å². The number of hydrogen-bond acceptors (Lipinski definition) is 4. The van der Waals surface area contributed by atoms with E-state index in [0.717, 1.165) is 5.56 Å². The first kappa shape index (κ1) is 18.7. The lowest BCUT2D eigenvalue weighted by atomic mass is 10.1. The summed E-state index contributed by atoms with van der Waals surface area (Å²) in [4.78, 5) is 24.4. The number of aromatic nitrogens is 1. The molecule has 0 radical (unpaired) electrons. The minimum absolute atomic E-state index is 0.192. The van der Waals surface area contributed by atoms with E-state index in [1.165, 1.54) is 0 Å². The molecule has 1 heterocycles. The maximum atomic E-state index is 12.2. The van der Waals surface area contributed by atoms with Crippen LogP contribution in [0.5, 0.6) is 0 Å². The monoisotopic (exact) mass is 383 g/mol. The van der Waals surface area contributed by atoms with Crippen LogP contribution < -0.4 is 10.6 Å². The van der Waals surface area contributed by atoms with Crippen LogP contribution in [0.25, 0.3) is 0 Å². The zero-order valence-electron chi connectivity index (χ0n) is 14.7. The molecule has 0 atom stereocenters. The van der Waals surface area contributed by atoms with Gasteiger partial charge in [-0.05, 0) is 55.3 Å². The van der Waals surface area contributed by atoms with Crippen molar-refractivity contribution in [3.8, 4) is 0 Å². The summed E-state index contributed by atoms with van der Waals surface area (Å²) in [5.74, 6) is 0.443. The third kappa shape index (κ3) is 5.18. The predicted octanol–water partition coefficient (Wildman–Crippen LogP) is 3.86. The summed E-state index contributed by atoms with van der Waals surface area (Å²) in [6, 6.07) is 15.5. The molecular weight excluding hydrogens is 366 g/mol. The van der Waals surface area contributed by atoms with E-state index in [0.29, 0.717) is 40.7 Å². The lowest BCUT2D eigenvalue weighted by Gasteiger charge is -2.07. The molecule has 6 nitrogen and oxygen atoms in total. The fraction of sp³-hybridized carbons (Fsp3) is 0.150. The van der Waals surface area contributed by atoms with Crippen LogP contribution in [-0.4, -0.2) is 23.5 Å². The summed E-state index contributed by atoms with van der Waals surface area (Å²) >= 11 is 5.85. The fourth-order valence-electron chi connectivity index (χ4n) is 2.46. The second kappa shape index (κ2) is 8.51. The highest BCUT2D eigenvalue weighted by Gasteiger charge is 2.11. The van der Waals surface area contributed by atoms with Crippen LogP contribution in [0, 0.1) is 6.92 Å². The first-order chi connectivity index (χ1) is 13.0. The number of hydrogen-bond donors (Lipinski definition) is 2. The van der Waals surface area contributed by atoms with Gasteiger partial charge in [-0.2, -0.15) is 0 Å². The van der Waals surface area contributed by atoms with E-state index in [2.05, 4.69) is 15.8 Å². The van der Waals surface area contributed by atoms with Gasteiger partial charge in [0.25, 0.3) is 11.8 Å². The summed E-state index contributed by atoms with van der Waals surface area (Å²) < 4.78 is 4.90. The molecule has 27 heavy (non-hydrogen) atoms. The SMILES string of the molecule is Cc1cc(NC(=O)c2ccc(C(=O)NCCc3ccc(Cl)cc3)cc2)no1. The average molecular weight is 384 g/mol. The minimum Gasteiger partial charge on any atom is -0.360 e. The van der Waals surface area contributed by atoms with E-state index in [-0.39, 0.29) is 11.8 Å². The second-order valence-electron chi connectivity index (χ2n) is 5.99. The number of carbonyl (C=O) groups is 2. The fourth-order valence-corrected chi connectivity index (χ4v) is 2.59. The number of carbonyl (C=O) groups excluding carboxylic acids is 2. The molecule has 2 amide bonds. The number of aryl methyl sites for hydroxylation is 1. The van der Waals surface area contributed by atoms with Crippen LogP contribution in [0.2, 0.25) is 5.02 Å². The molecule has 0 bridgehead atoms. The highest BCUT2D eigenvalue weighted by Crippen LogP contribution is 2.11. The number of nitrogens with one attached hydrogen (secondary N) is 2. The minimum atomic E-state index is -0.321. The van der Waals surface area contributed by atoms with Crippen molar-refractivity contribution >= 4 is 29.2 Å². The molecule has 0 saturated carbocycles. The molecule has 3 rings (SSSR count). The zero-order valence-corrected chi connectivity index (χ0v) is 15.4. The van der Waals surface area contributed by atoms with Gasteiger partial charge in [-0.1, -0.05) is 28.9 Å². The number of anilines is 1. The van der Waals surface area contributed by atoms with E-state index in [1.807, 2.05) is 24.3 Å². The third-order valence-electron chi connectivity index (χ3n) is 3.89. The van der Waals surface area contributed by atoms with E-state index < -0.39 is 0 Å². The molecule has 0 spiro atoms. The van der Waals surface area contributed by atoms with Crippen molar-refractivity contribution < 1.29 is 14.1 Å². The van der Waals surface area contributed by atoms with Gasteiger partial charge in [-0.3, -0.25) is 9.59 Å². The lowest BCUT2D eigenvalue weighted by Crippen LogP contribution is -2.25. The predicted molar refractivity (Wildman–Crippen MR) is 103 cm³/mol. The molecule has 0 aliphatic heterocycles. The Hall–Kier alpha value is -3.12. The standard InChI is InChI=1S/C20H18ClN3O3/c1-13-12-18(24-27-13)23-20(26)16-6-4-15(5-7-16)19(25)22-11-10-14-2-8-17(21)9-3-14/h2-9,12H,10-11H2,1H3,(H,22,25)(H,23,24,26). The van der Waals surface area contributed by atoms with Gasteiger partial charge in [0.15, 0.2) is 5.82 Å².